The molecule has 0 aliphatic rings. The van der Waals surface area contributed by atoms with Crippen LogP contribution in [-0.2, 0) is 4.74 Å². The summed E-state index contributed by atoms with van der Waals surface area (Å²) in [6.07, 6.45) is 9.17. The maximum atomic E-state index is 10.6. The Morgan fingerprint density at radius 1 is 0.958 bits per heavy atom. The number of rotatable bonds is 14. The van der Waals surface area contributed by atoms with Crippen molar-refractivity contribution in [3.05, 3.63) is 35.9 Å². The second-order valence-corrected chi connectivity index (χ2v) is 6.82. The number of aliphatic hydroxyl groups excluding tert-OH is 2. The zero-order valence-corrected chi connectivity index (χ0v) is 15.5. The largest absolute Gasteiger partial charge is 0.394 e. The third-order valence-electron chi connectivity index (χ3n) is 4.62. The number of aliphatic hydroxyl groups is 2. The van der Waals surface area contributed by atoms with Gasteiger partial charge in [-0.2, -0.15) is 0 Å². The minimum absolute atomic E-state index is 0.0134. The predicted octanol–water partition coefficient (Wildman–Crippen LogP) is 4.67. The summed E-state index contributed by atoms with van der Waals surface area (Å²) in [6, 6.07) is 10.2. The summed E-state index contributed by atoms with van der Waals surface area (Å²) < 4.78 is 5.53. The van der Waals surface area contributed by atoms with E-state index in [1.165, 1.54) is 44.1 Å². The number of hydrogen-bond acceptors (Lipinski definition) is 3. The van der Waals surface area contributed by atoms with Crippen molar-refractivity contribution < 1.29 is 14.9 Å². The van der Waals surface area contributed by atoms with E-state index in [1.807, 2.05) is 25.1 Å². The fourth-order valence-corrected chi connectivity index (χ4v) is 3.03. The highest BCUT2D eigenvalue weighted by molar-refractivity contribution is 5.20. The monoisotopic (exact) mass is 336 g/mol. The summed E-state index contributed by atoms with van der Waals surface area (Å²) in [7, 11) is 0. The second-order valence-electron chi connectivity index (χ2n) is 6.82. The van der Waals surface area contributed by atoms with Gasteiger partial charge in [0, 0.05) is 5.92 Å². The molecule has 0 aliphatic carbocycles. The van der Waals surface area contributed by atoms with Crippen molar-refractivity contribution in [2.45, 2.75) is 83.3 Å². The molecule has 3 heteroatoms. The Labute approximate surface area is 148 Å². The van der Waals surface area contributed by atoms with Crippen LogP contribution in [0.3, 0.4) is 0 Å². The molecule has 3 nitrogen and oxygen atoms in total. The molecule has 0 saturated carbocycles. The van der Waals surface area contributed by atoms with Gasteiger partial charge in [-0.3, -0.25) is 0 Å². The van der Waals surface area contributed by atoms with Gasteiger partial charge in [0.2, 0.25) is 0 Å². The van der Waals surface area contributed by atoms with Gasteiger partial charge in [0.05, 0.1) is 25.4 Å². The molecule has 0 aliphatic heterocycles. The van der Waals surface area contributed by atoms with Crippen LogP contribution in [0.25, 0.3) is 0 Å². The van der Waals surface area contributed by atoms with Crippen LogP contribution in [0.2, 0.25) is 0 Å². The first-order chi connectivity index (χ1) is 11.7. The maximum Gasteiger partial charge on any atom is 0.0842 e. The Kier molecular flexibility index (Phi) is 11.8. The molecule has 0 saturated heterocycles. The van der Waals surface area contributed by atoms with E-state index in [9.17, 15) is 5.11 Å². The summed E-state index contributed by atoms with van der Waals surface area (Å²) >= 11 is 0. The van der Waals surface area contributed by atoms with Gasteiger partial charge in [0.1, 0.15) is 0 Å². The van der Waals surface area contributed by atoms with Crippen molar-refractivity contribution in [2.24, 2.45) is 0 Å². The molecule has 2 N–H and O–H groups in total. The predicted molar refractivity (Wildman–Crippen MR) is 100 cm³/mol. The molecule has 0 heterocycles. The zero-order chi connectivity index (χ0) is 17.6. The van der Waals surface area contributed by atoms with E-state index >= 15 is 0 Å². The number of unbranched alkanes of at least 4 members (excludes halogenated alkanes) is 6. The summed E-state index contributed by atoms with van der Waals surface area (Å²) in [6.45, 7) is 4.32. The second kappa shape index (κ2) is 13.4. The number of ether oxygens (including phenoxy) is 1. The fraction of sp³-hybridized carbons (Fsp3) is 0.714. The van der Waals surface area contributed by atoms with Gasteiger partial charge in [-0.15, -0.1) is 0 Å². The molecule has 3 atom stereocenters. The van der Waals surface area contributed by atoms with Crippen molar-refractivity contribution in [3.63, 3.8) is 0 Å². The zero-order valence-electron chi connectivity index (χ0n) is 15.5. The summed E-state index contributed by atoms with van der Waals surface area (Å²) in [4.78, 5) is 0. The highest BCUT2D eigenvalue weighted by Gasteiger charge is 2.21. The Balaban J connectivity index is 2.44. The molecule has 0 aromatic heterocycles. The molecule has 0 amide bonds. The van der Waals surface area contributed by atoms with Crippen LogP contribution in [0.5, 0.6) is 0 Å². The number of hydrogen-bond donors (Lipinski definition) is 2. The molecule has 0 spiro atoms. The topological polar surface area (TPSA) is 49.7 Å². The van der Waals surface area contributed by atoms with Gasteiger partial charge in [0.25, 0.3) is 0 Å². The molecule has 0 radical (unpaired) electrons. The molecule has 0 fully saturated rings. The Morgan fingerprint density at radius 2 is 1.58 bits per heavy atom. The minimum atomic E-state index is -0.526. The van der Waals surface area contributed by atoms with E-state index in [0.717, 1.165) is 12.8 Å². The van der Waals surface area contributed by atoms with Gasteiger partial charge in [-0.1, -0.05) is 82.2 Å². The van der Waals surface area contributed by atoms with Crippen molar-refractivity contribution in [1.82, 2.24) is 0 Å². The van der Waals surface area contributed by atoms with Crippen LogP contribution in [0, 0.1) is 0 Å². The molecule has 1 rings (SSSR count). The summed E-state index contributed by atoms with van der Waals surface area (Å²) in [5.41, 5.74) is 1.18. The molecular weight excluding hydrogens is 300 g/mol. The van der Waals surface area contributed by atoms with Crippen LogP contribution < -0.4 is 0 Å². The van der Waals surface area contributed by atoms with Crippen molar-refractivity contribution >= 4 is 0 Å². The van der Waals surface area contributed by atoms with E-state index in [2.05, 4.69) is 19.1 Å². The molecule has 1 aromatic rings. The van der Waals surface area contributed by atoms with Crippen molar-refractivity contribution in [1.29, 1.82) is 0 Å². The molecule has 3 unspecified atom stereocenters. The van der Waals surface area contributed by atoms with Crippen LogP contribution >= 0.6 is 0 Å². The standard InChI is InChI=1S/C21H36O3/c1-3-4-5-6-7-8-12-15-20(19-13-10-9-11-14-19)21(23)17-24-18(2)16-22/h9-11,13-14,18,20-23H,3-8,12,15-17H2,1-2H3. The fourth-order valence-electron chi connectivity index (χ4n) is 3.03. The Bertz CT molecular complexity index is 393. The van der Waals surface area contributed by atoms with E-state index in [-0.39, 0.29) is 25.2 Å². The Morgan fingerprint density at radius 3 is 2.21 bits per heavy atom. The molecule has 24 heavy (non-hydrogen) atoms. The van der Waals surface area contributed by atoms with Gasteiger partial charge in [-0.25, -0.2) is 0 Å². The Hall–Kier alpha value is -0.900. The SMILES string of the molecule is CCCCCCCCCC(c1ccccc1)C(O)COC(C)CO. The van der Waals surface area contributed by atoms with Crippen LogP contribution in [0.15, 0.2) is 30.3 Å². The lowest BCUT2D eigenvalue weighted by molar-refractivity contribution is -0.0322. The quantitative estimate of drug-likeness (QED) is 0.485. The average molecular weight is 337 g/mol. The van der Waals surface area contributed by atoms with Gasteiger partial charge in [-0.05, 0) is 18.9 Å². The lowest BCUT2D eigenvalue weighted by Gasteiger charge is -2.24. The van der Waals surface area contributed by atoms with Crippen molar-refractivity contribution in [2.75, 3.05) is 13.2 Å². The molecule has 1 aromatic carbocycles. The van der Waals surface area contributed by atoms with Gasteiger partial charge < -0.3 is 14.9 Å². The highest BCUT2D eigenvalue weighted by atomic mass is 16.5. The lowest BCUT2D eigenvalue weighted by Crippen LogP contribution is -2.27. The molecule has 0 bridgehead atoms. The summed E-state index contributed by atoms with van der Waals surface area (Å²) in [5.74, 6) is 0.104. The normalized spacial score (nSPS) is 15.2. The van der Waals surface area contributed by atoms with E-state index in [4.69, 9.17) is 9.84 Å². The number of benzene rings is 1. The summed E-state index contributed by atoms with van der Waals surface area (Å²) in [5, 5.41) is 19.6. The van der Waals surface area contributed by atoms with Gasteiger partial charge in [0.15, 0.2) is 0 Å². The van der Waals surface area contributed by atoms with E-state index in [1.54, 1.807) is 0 Å². The third-order valence-corrected chi connectivity index (χ3v) is 4.62. The maximum absolute atomic E-state index is 10.6. The third kappa shape index (κ3) is 8.81. The van der Waals surface area contributed by atoms with E-state index < -0.39 is 6.10 Å². The van der Waals surface area contributed by atoms with Crippen LogP contribution in [0.1, 0.15) is 76.7 Å². The highest BCUT2D eigenvalue weighted by Crippen LogP contribution is 2.27. The smallest absolute Gasteiger partial charge is 0.0842 e. The van der Waals surface area contributed by atoms with Crippen LogP contribution in [-0.4, -0.2) is 35.6 Å². The molecule has 138 valence electrons. The van der Waals surface area contributed by atoms with Crippen LogP contribution in [0.4, 0.5) is 0 Å². The van der Waals surface area contributed by atoms with Crippen molar-refractivity contribution in [3.8, 4) is 0 Å². The first-order valence-electron chi connectivity index (χ1n) is 9.64. The lowest BCUT2D eigenvalue weighted by atomic mass is 9.88. The first kappa shape index (κ1) is 21.1. The minimum Gasteiger partial charge on any atom is -0.394 e. The van der Waals surface area contributed by atoms with E-state index in [0.29, 0.717) is 0 Å². The molecular formula is C21H36O3. The van der Waals surface area contributed by atoms with Gasteiger partial charge >= 0.3 is 0 Å². The average Bonchev–Trinajstić information content (AvgIpc) is 2.62. The first-order valence-corrected chi connectivity index (χ1v) is 9.64.